The van der Waals surface area contributed by atoms with Crippen LogP contribution in [0.2, 0.25) is 0 Å². The molecule has 3 aliphatic carbocycles. The molecule has 0 spiro atoms. The Hall–Kier alpha value is -2.69. The SMILES string of the molecule is CN1C(=O)C=C[C@]2(C)[C@H]3CC[C@]4(C)[C@@H](NC(=O)c5cc6ccccc6cn5)CC[C@H]4[C@@H]3CC[C@@H]12. The van der Waals surface area contributed by atoms with Crippen molar-refractivity contribution in [3.8, 4) is 0 Å². The molecule has 2 amide bonds. The molecular formula is C29H35N3O2. The van der Waals surface area contributed by atoms with E-state index in [1.54, 1.807) is 12.3 Å². The van der Waals surface area contributed by atoms with Crippen molar-refractivity contribution in [1.29, 1.82) is 0 Å². The van der Waals surface area contributed by atoms with Gasteiger partial charge in [-0.15, -0.1) is 0 Å². The molecule has 34 heavy (non-hydrogen) atoms. The standard InChI is InChI=1S/C29H35N3O2/c1-28-14-12-22-20(8-11-25-29(22,2)15-13-26(33)32(25)3)21(28)9-10-24(28)31-27(34)23-16-18-6-4-5-7-19(18)17-30-23/h4-7,13,15-17,20-22,24-25H,8-12,14H2,1-3H3,(H,31,34)/t20-,21-,22-,24-,25+,28-,29+/m0/s1. The number of aromatic nitrogens is 1. The quantitative estimate of drug-likeness (QED) is 0.692. The van der Waals surface area contributed by atoms with Crippen LogP contribution in [0.1, 0.15) is 62.9 Å². The Kier molecular flexibility index (Phi) is 4.91. The second kappa shape index (κ2) is 7.66. The first-order valence-electron chi connectivity index (χ1n) is 12.9. The van der Waals surface area contributed by atoms with Gasteiger partial charge in [0.1, 0.15) is 5.69 Å². The van der Waals surface area contributed by atoms with E-state index in [9.17, 15) is 9.59 Å². The normalized spacial score (nSPS) is 38.9. The van der Waals surface area contributed by atoms with Gasteiger partial charge in [0.05, 0.1) is 0 Å². The smallest absolute Gasteiger partial charge is 0.270 e. The summed E-state index contributed by atoms with van der Waals surface area (Å²) in [4.78, 5) is 32.0. The van der Waals surface area contributed by atoms with E-state index in [1.807, 2.05) is 42.3 Å². The van der Waals surface area contributed by atoms with Crippen LogP contribution in [-0.2, 0) is 4.79 Å². The van der Waals surface area contributed by atoms with Gasteiger partial charge >= 0.3 is 0 Å². The Morgan fingerprint density at radius 1 is 1.06 bits per heavy atom. The van der Waals surface area contributed by atoms with E-state index in [1.165, 1.54) is 12.8 Å². The van der Waals surface area contributed by atoms with Crippen molar-refractivity contribution < 1.29 is 9.59 Å². The van der Waals surface area contributed by atoms with Crippen LogP contribution in [0, 0.1) is 28.6 Å². The molecule has 2 heterocycles. The molecule has 5 heteroatoms. The van der Waals surface area contributed by atoms with Crippen molar-refractivity contribution in [2.75, 3.05) is 7.05 Å². The highest BCUT2D eigenvalue weighted by atomic mass is 16.2. The maximum Gasteiger partial charge on any atom is 0.270 e. The minimum atomic E-state index is -0.0502. The van der Waals surface area contributed by atoms with Crippen LogP contribution in [0.15, 0.2) is 48.7 Å². The third-order valence-electron chi connectivity index (χ3n) is 10.3. The molecule has 1 aromatic carbocycles. The molecule has 0 radical (unpaired) electrons. The third kappa shape index (κ3) is 3.08. The molecule has 5 nitrogen and oxygen atoms in total. The van der Waals surface area contributed by atoms with Gasteiger partial charge in [0, 0.05) is 36.1 Å². The molecule has 1 N–H and O–H groups in total. The predicted octanol–water partition coefficient (Wildman–Crippen LogP) is 4.97. The molecule has 4 aliphatic rings. The van der Waals surface area contributed by atoms with Crippen LogP contribution in [0.4, 0.5) is 0 Å². The van der Waals surface area contributed by atoms with Crippen molar-refractivity contribution in [2.45, 2.75) is 64.5 Å². The molecule has 6 rings (SSSR count). The predicted molar refractivity (Wildman–Crippen MR) is 133 cm³/mol. The van der Waals surface area contributed by atoms with Gasteiger partial charge < -0.3 is 10.2 Å². The Morgan fingerprint density at radius 3 is 2.68 bits per heavy atom. The van der Waals surface area contributed by atoms with Crippen LogP contribution < -0.4 is 5.32 Å². The van der Waals surface area contributed by atoms with E-state index in [4.69, 9.17) is 0 Å². The summed E-state index contributed by atoms with van der Waals surface area (Å²) in [6.45, 7) is 4.80. The lowest BCUT2D eigenvalue weighted by molar-refractivity contribution is -0.138. The largest absolute Gasteiger partial charge is 0.347 e. The number of amides is 2. The van der Waals surface area contributed by atoms with Gasteiger partial charge in [0.15, 0.2) is 0 Å². The molecule has 3 saturated carbocycles. The number of nitrogens with one attached hydrogen (secondary N) is 1. The molecule has 1 aliphatic heterocycles. The molecule has 178 valence electrons. The van der Waals surface area contributed by atoms with Gasteiger partial charge in [0.25, 0.3) is 5.91 Å². The van der Waals surface area contributed by atoms with E-state index < -0.39 is 0 Å². The molecular weight excluding hydrogens is 422 g/mol. The number of pyridine rings is 1. The van der Waals surface area contributed by atoms with E-state index in [0.717, 1.165) is 36.5 Å². The summed E-state index contributed by atoms with van der Waals surface area (Å²) < 4.78 is 0. The van der Waals surface area contributed by atoms with Crippen LogP contribution in [0.25, 0.3) is 10.8 Å². The Morgan fingerprint density at radius 2 is 1.85 bits per heavy atom. The molecule has 7 atom stereocenters. The average molecular weight is 458 g/mol. The van der Waals surface area contributed by atoms with Crippen LogP contribution in [0.3, 0.4) is 0 Å². The number of benzene rings is 1. The fraction of sp³-hybridized carbons (Fsp3) is 0.552. The number of fused-ring (bicyclic) bond motifs is 6. The minimum Gasteiger partial charge on any atom is -0.347 e. The summed E-state index contributed by atoms with van der Waals surface area (Å²) in [7, 11) is 1.98. The average Bonchev–Trinajstić information content (AvgIpc) is 3.17. The number of hydrogen-bond donors (Lipinski definition) is 1. The second-order valence-corrected chi connectivity index (χ2v) is 11.7. The van der Waals surface area contributed by atoms with Crippen LogP contribution in [0.5, 0.6) is 0 Å². The molecule has 0 bridgehead atoms. The second-order valence-electron chi connectivity index (χ2n) is 11.7. The van der Waals surface area contributed by atoms with E-state index in [0.29, 0.717) is 29.5 Å². The summed E-state index contributed by atoms with van der Waals surface area (Å²) in [6, 6.07) is 10.5. The lowest BCUT2D eigenvalue weighted by atomic mass is 9.48. The lowest BCUT2D eigenvalue weighted by Gasteiger charge is -2.60. The van der Waals surface area contributed by atoms with Gasteiger partial charge in [-0.2, -0.15) is 0 Å². The summed E-state index contributed by atoms with van der Waals surface area (Å²) in [5.74, 6) is 1.98. The van der Waals surface area contributed by atoms with Gasteiger partial charge in [0.2, 0.25) is 5.91 Å². The highest BCUT2D eigenvalue weighted by Crippen LogP contribution is 2.63. The number of nitrogens with zero attached hydrogens (tertiary/aromatic N) is 2. The van der Waals surface area contributed by atoms with Crippen molar-refractivity contribution in [3.63, 3.8) is 0 Å². The monoisotopic (exact) mass is 457 g/mol. The number of carbonyl (C=O) groups excluding carboxylic acids is 2. The fourth-order valence-electron chi connectivity index (χ4n) is 8.42. The fourth-order valence-corrected chi connectivity index (χ4v) is 8.42. The van der Waals surface area contributed by atoms with Crippen molar-refractivity contribution in [3.05, 3.63) is 54.4 Å². The molecule has 2 aromatic rings. The number of carbonyl (C=O) groups is 2. The van der Waals surface area contributed by atoms with Crippen molar-refractivity contribution in [1.82, 2.24) is 15.2 Å². The zero-order valence-corrected chi connectivity index (χ0v) is 20.5. The number of rotatable bonds is 2. The number of hydrogen-bond acceptors (Lipinski definition) is 3. The first-order valence-corrected chi connectivity index (χ1v) is 12.9. The van der Waals surface area contributed by atoms with Crippen molar-refractivity contribution in [2.24, 2.45) is 28.6 Å². The Bertz CT molecular complexity index is 1190. The first kappa shape index (κ1) is 21.8. The highest BCUT2D eigenvalue weighted by molar-refractivity contribution is 5.96. The maximum atomic E-state index is 13.2. The van der Waals surface area contributed by atoms with Crippen LogP contribution >= 0.6 is 0 Å². The zero-order valence-electron chi connectivity index (χ0n) is 20.5. The third-order valence-corrected chi connectivity index (χ3v) is 10.3. The number of likely N-dealkylation sites (N-methyl/N-ethyl adjacent to an activating group) is 1. The summed E-state index contributed by atoms with van der Waals surface area (Å²) >= 11 is 0. The zero-order chi connectivity index (χ0) is 23.7. The maximum absolute atomic E-state index is 13.2. The lowest BCUT2D eigenvalue weighted by Crippen LogP contribution is -2.60. The molecule has 0 saturated heterocycles. The molecule has 3 fully saturated rings. The first-order chi connectivity index (χ1) is 16.3. The minimum absolute atomic E-state index is 0.0502. The van der Waals surface area contributed by atoms with Gasteiger partial charge in [-0.25, -0.2) is 0 Å². The van der Waals surface area contributed by atoms with E-state index in [-0.39, 0.29) is 28.7 Å². The summed E-state index contributed by atoms with van der Waals surface area (Å²) in [6.07, 6.45) is 12.6. The van der Waals surface area contributed by atoms with Gasteiger partial charge in [-0.1, -0.05) is 44.2 Å². The van der Waals surface area contributed by atoms with Crippen LogP contribution in [-0.4, -0.2) is 40.8 Å². The van der Waals surface area contributed by atoms with E-state index >= 15 is 0 Å². The van der Waals surface area contributed by atoms with Gasteiger partial charge in [-0.05, 0) is 79.2 Å². The Labute approximate surface area is 202 Å². The summed E-state index contributed by atoms with van der Waals surface area (Å²) in [5, 5.41) is 5.51. The van der Waals surface area contributed by atoms with E-state index in [2.05, 4.69) is 30.2 Å². The van der Waals surface area contributed by atoms with Crippen molar-refractivity contribution >= 4 is 22.6 Å². The highest BCUT2D eigenvalue weighted by Gasteiger charge is 2.60. The Balaban J connectivity index is 1.22. The summed E-state index contributed by atoms with van der Waals surface area (Å²) in [5.41, 5.74) is 0.688. The molecule has 1 aromatic heterocycles. The van der Waals surface area contributed by atoms with Gasteiger partial charge in [-0.3, -0.25) is 14.6 Å². The topological polar surface area (TPSA) is 62.3 Å². The molecule has 0 unspecified atom stereocenters.